The monoisotopic (exact) mass is 423 g/mol. The molecule has 162 valence electrons. The van der Waals surface area contributed by atoms with E-state index >= 15 is 0 Å². The van der Waals surface area contributed by atoms with Gasteiger partial charge in [0.2, 0.25) is 11.8 Å². The molecule has 31 heavy (non-hydrogen) atoms. The fourth-order valence-electron chi connectivity index (χ4n) is 3.80. The Bertz CT molecular complexity index is 969. The zero-order valence-corrected chi connectivity index (χ0v) is 17.3. The molecule has 8 heteroatoms. The number of rotatable bonds is 6. The van der Waals surface area contributed by atoms with Crippen molar-refractivity contribution in [2.24, 2.45) is 5.92 Å². The standard InChI is InChI=1S/C23H25N3O5/c1-30-19-5-2-4-18(13-19)26-14-15(12-21(26)27)22(28)24-16-7-9-17(10-8-16)25-23(29)20-6-3-11-31-20/h2,4-5,7-10,13,15,20H,3,6,11-12,14H2,1H3,(H,24,28)(H,25,29)/t15-,20+/m0/s1. The number of nitrogens with one attached hydrogen (secondary N) is 2. The average Bonchev–Trinajstić information content (AvgIpc) is 3.45. The molecule has 0 aliphatic carbocycles. The van der Waals surface area contributed by atoms with Crippen LogP contribution in [0.1, 0.15) is 19.3 Å². The number of anilines is 3. The van der Waals surface area contributed by atoms with Gasteiger partial charge in [-0.1, -0.05) is 6.07 Å². The van der Waals surface area contributed by atoms with Gasteiger partial charge in [0.1, 0.15) is 11.9 Å². The Morgan fingerprint density at radius 2 is 1.77 bits per heavy atom. The molecule has 2 aliphatic heterocycles. The van der Waals surface area contributed by atoms with Crippen molar-refractivity contribution in [3.05, 3.63) is 48.5 Å². The summed E-state index contributed by atoms with van der Waals surface area (Å²) >= 11 is 0. The molecule has 0 radical (unpaired) electrons. The van der Waals surface area contributed by atoms with E-state index in [-0.39, 0.29) is 24.1 Å². The van der Waals surface area contributed by atoms with Gasteiger partial charge < -0.3 is 25.0 Å². The molecule has 8 nitrogen and oxygen atoms in total. The topological polar surface area (TPSA) is 97.0 Å². The number of methoxy groups -OCH3 is 1. The lowest BCUT2D eigenvalue weighted by Gasteiger charge is -2.17. The smallest absolute Gasteiger partial charge is 0.253 e. The molecular formula is C23H25N3O5. The van der Waals surface area contributed by atoms with Gasteiger partial charge >= 0.3 is 0 Å². The lowest BCUT2D eigenvalue weighted by Crippen LogP contribution is -2.28. The summed E-state index contributed by atoms with van der Waals surface area (Å²) in [6.45, 7) is 0.926. The van der Waals surface area contributed by atoms with Crippen molar-refractivity contribution < 1.29 is 23.9 Å². The fraction of sp³-hybridized carbons (Fsp3) is 0.348. The van der Waals surface area contributed by atoms with Crippen molar-refractivity contribution >= 4 is 34.8 Å². The maximum absolute atomic E-state index is 12.7. The van der Waals surface area contributed by atoms with Gasteiger partial charge in [-0.15, -0.1) is 0 Å². The number of carbonyl (C=O) groups is 3. The summed E-state index contributed by atoms with van der Waals surface area (Å²) in [5, 5.41) is 5.68. The van der Waals surface area contributed by atoms with E-state index in [1.165, 1.54) is 0 Å². The van der Waals surface area contributed by atoms with Crippen molar-refractivity contribution in [2.75, 3.05) is 35.8 Å². The van der Waals surface area contributed by atoms with Gasteiger partial charge in [-0.25, -0.2) is 0 Å². The number of carbonyl (C=O) groups excluding carboxylic acids is 3. The largest absolute Gasteiger partial charge is 0.497 e. The van der Waals surface area contributed by atoms with E-state index in [4.69, 9.17) is 9.47 Å². The van der Waals surface area contributed by atoms with Gasteiger partial charge in [-0.3, -0.25) is 14.4 Å². The molecule has 0 spiro atoms. The zero-order valence-electron chi connectivity index (χ0n) is 17.3. The van der Waals surface area contributed by atoms with Crippen LogP contribution in [-0.4, -0.2) is 44.1 Å². The van der Waals surface area contributed by atoms with E-state index in [0.29, 0.717) is 36.0 Å². The van der Waals surface area contributed by atoms with E-state index in [9.17, 15) is 14.4 Å². The molecule has 0 unspecified atom stereocenters. The lowest BCUT2D eigenvalue weighted by atomic mass is 10.1. The average molecular weight is 423 g/mol. The van der Waals surface area contributed by atoms with Crippen LogP contribution >= 0.6 is 0 Å². The summed E-state index contributed by atoms with van der Waals surface area (Å²) in [6, 6.07) is 14.1. The molecule has 2 saturated heterocycles. The van der Waals surface area contributed by atoms with Crippen LogP contribution in [0, 0.1) is 5.92 Å². The Balaban J connectivity index is 1.33. The Kier molecular flexibility index (Phi) is 6.18. The Hall–Kier alpha value is -3.39. The molecule has 4 rings (SSSR count). The van der Waals surface area contributed by atoms with E-state index in [0.717, 1.165) is 12.8 Å². The maximum Gasteiger partial charge on any atom is 0.253 e. The summed E-state index contributed by atoms with van der Waals surface area (Å²) in [5.74, 6) is -0.255. The van der Waals surface area contributed by atoms with E-state index in [1.54, 1.807) is 48.4 Å². The normalized spacial score (nSPS) is 20.5. The SMILES string of the molecule is COc1cccc(N2C[C@@H](C(=O)Nc3ccc(NC(=O)[C@H]4CCCO4)cc3)CC2=O)c1. The van der Waals surface area contributed by atoms with E-state index < -0.39 is 12.0 Å². The van der Waals surface area contributed by atoms with Gasteiger partial charge in [0.25, 0.3) is 5.91 Å². The fourth-order valence-corrected chi connectivity index (χ4v) is 3.80. The summed E-state index contributed by atoms with van der Waals surface area (Å²) < 4.78 is 10.6. The molecular weight excluding hydrogens is 398 g/mol. The quantitative estimate of drug-likeness (QED) is 0.745. The first-order chi connectivity index (χ1) is 15.0. The second-order valence-corrected chi connectivity index (χ2v) is 7.66. The van der Waals surface area contributed by atoms with Gasteiger partial charge in [-0.2, -0.15) is 0 Å². The Morgan fingerprint density at radius 1 is 1.06 bits per heavy atom. The van der Waals surface area contributed by atoms with Crippen LogP contribution in [-0.2, 0) is 19.1 Å². The Labute approximate surface area is 180 Å². The third-order valence-electron chi connectivity index (χ3n) is 5.50. The molecule has 2 aromatic carbocycles. The van der Waals surface area contributed by atoms with Crippen molar-refractivity contribution in [2.45, 2.75) is 25.4 Å². The number of hydrogen-bond donors (Lipinski definition) is 2. The molecule has 3 amide bonds. The number of benzene rings is 2. The maximum atomic E-state index is 12.7. The molecule has 0 saturated carbocycles. The second-order valence-electron chi connectivity index (χ2n) is 7.66. The van der Waals surface area contributed by atoms with Crippen LogP contribution in [0.15, 0.2) is 48.5 Å². The molecule has 0 bridgehead atoms. The number of ether oxygens (including phenoxy) is 2. The van der Waals surface area contributed by atoms with Crippen molar-refractivity contribution in [3.63, 3.8) is 0 Å². The summed E-state index contributed by atoms with van der Waals surface area (Å²) in [5.41, 5.74) is 1.96. The predicted octanol–water partition coefficient (Wildman–Crippen LogP) is 2.80. The Morgan fingerprint density at radius 3 is 2.42 bits per heavy atom. The van der Waals surface area contributed by atoms with Crippen LogP contribution in [0.3, 0.4) is 0 Å². The van der Waals surface area contributed by atoms with Crippen molar-refractivity contribution in [1.82, 2.24) is 0 Å². The summed E-state index contributed by atoms with van der Waals surface area (Å²) in [6.07, 6.45) is 1.37. The highest BCUT2D eigenvalue weighted by atomic mass is 16.5. The molecule has 0 aromatic heterocycles. The minimum atomic E-state index is -0.447. The molecule has 2 aliphatic rings. The van der Waals surface area contributed by atoms with Crippen LogP contribution in [0.25, 0.3) is 0 Å². The third kappa shape index (κ3) is 4.86. The molecule has 2 N–H and O–H groups in total. The molecule has 2 aromatic rings. The van der Waals surface area contributed by atoms with Crippen LogP contribution in [0.2, 0.25) is 0 Å². The highest BCUT2D eigenvalue weighted by molar-refractivity contribution is 6.03. The number of hydrogen-bond acceptors (Lipinski definition) is 5. The summed E-state index contributed by atoms with van der Waals surface area (Å²) in [4.78, 5) is 38.9. The van der Waals surface area contributed by atoms with Crippen LogP contribution < -0.4 is 20.3 Å². The van der Waals surface area contributed by atoms with Gasteiger partial charge in [0.15, 0.2) is 0 Å². The zero-order chi connectivity index (χ0) is 21.8. The minimum absolute atomic E-state index is 0.0967. The van der Waals surface area contributed by atoms with Crippen LogP contribution in [0.5, 0.6) is 5.75 Å². The highest BCUT2D eigenvalue weighted by Gasteiger charge is 2.35. The van der Waals surface area contributed by atoms with Gasteiger partial charge in [0.05, 0.1) is 13.0 Å². The van der Waals surface area contributed by atoms with Crippen LogP contribution in [0.4, 0.5) is 17.1 Å². The summed E-state index contributed by atoms with van der Waals surface area (Å²) in [7, 11) is 1.57. The number of amides is 3. The number of nitrogens with zero attached hydrogens (tertiary/aromatic N) is 1. The lowest BCUT2D eigenvalue weighted by molar-refractivity contribution is -0.124. The first-order valence-corrected chi connectivity index (χ1v) is 10.3. The molecule has 2 atom stereocenters. The first kappa shape index (κ1) is 20.9. The van der Waals surface area contributed by atoms with Crippen molar-refractivity contribution in [1.29, 1.82) is 0 Å². The predicted molar refractivity (Wildman–Crippen MR) is 116 cm³/mol. The van der Waals surface area contributed by atoms with Gasteiger partial charge in [-0.05, 0) is 49.2 Å². The first-order valence-electron chi connectivity index (χ1n) is 10.3. The van der Waals surface area contributed by atoms with E-state index in [1.807, 2.05) is 12.1 Å². The van der Waals surface area contributed by atoms with Crippen molar-refractivity contribution in [3.8, 4) is 5.75 Å². The van der Waals surface area contributed by atoms with E-state index in [2.05, 4.69) is 10.6 Å². The second kappa shape index (κ2) is 9.18. The molecule has 2 heterocycles. The molecule has 2 fully saturated rings. The third-order valence-corrected chi connectivity index (χ3v) is 5.50. The highest BCUT2D eigenvalue weighted by Crippen LogP contribution is 2.28. The van der Waals surface area contributed by atoms with Gasteiger partial charge in [0, 0.05) is 42.7 Å². The minimum Gasteiger partial charge on any atom is -0.497 e.